The molecule has 1 N–H and O–H groups in total. The number of benzene rings is 2. The number of hydrogen-bond acceptors (Lipinski definition) is 7. The Bertz CT molecular complexity index is 1200. The minimum atomic E-state index is -0.439. The summed E-state index contributed by atoms with van der Waals surface area (Å²) in [4.78, 5) is 19.7. The van der Waals surface area contributed by atoms with Gasteiger partial charge in [-0.15, -0.1) is 0 Å². The number of aromatic nitrogens is 3. The second kappa shape index (κ2) is 7.47. The number of nitro benzene ring substituents is 1. The van der Waals surface area contributed by atoms with E-state index in [-0.39, 0.29) is 5.69 Å². The molecular weight excluding hydrogens is 374 g/mol. The molecule has 0 aliphatic rings. The van der Waals surface area contributed by atoms with Crippen LogP contribution in [0.4, 0.5) is 17.3 Å². The number of hydrogen-bond donors (Lipinski definition) is 1. The van der Waals surface area contributed by atoms with Crippen molar-refractivity contribution in [2.75, 3.05) is 19.5 Å². The Labute approximate surface area is 165 Å². The molecule has 4 aromatic rings. The van der Waals surface area contributed by atoms with Crippen LogP contribution in [0.25, 0.3) is 16.9 Å². The normalized spacial score (nSPS) is 10.7. The van der Waals surface area contributed by atoms with E-state index in [0.717, 1.165) is 5.56 Å². The van der Waals surface area contributed by atoms with Crippen molar-refractivity contribution in [3.05, 3.63) is 71.0 Å². The van der Waals surface area contributed by atoms with Crippen molar-refractivity contribution in [2.45, 2.75) is 0 Å². The second-order valence-corrected chi connectivity index (χ2v) is 6.12. The van der Waals surface area contributed by atoms with Gasteiger partial charge in [0.05, 0.1) is 24.8 Å². The minimum absolute atomic E-state index is 0.00656. The van der Waals surface area contributed by atoms with Crippen LogP contribution < -0.4 is 14.8 Å². The molecule has 0 aliphatic carbocycles. The van der Waals surface area contributed by atoms with Crippen molar-refractivity contribution in [1.29, 1.82) is 0 Å². The third-order valence-corrected chi connectivity index (χ3v) is 4.38. The number of nitro groups is 1. The molecule has 9 nitrogen and oxygen atoms in total. The molecule has 146 valence electrons. The Balaban J connectivity index is 1.79. The monoisotopic (exact) mass is 391 g/mol. The zero-order valence-corrected chi connectivity index (χ0v) is 15.7. The van der Waals surface area contributed by atoms with E-state index in [9.17, 15) is 10.1 Å². The van der Waals surface area contributed by atoms with Gasteiger partial charge in [0.15, 0.2) is 11.5 Å². The van der Waals surface area contributed by atoms with Gasteiger partial charge < -0.3 is 14.8 Å². The van der Waals surface area contributed by atoms with Crippen molar-refractivity contribution in [3.63, 3.8) is 0 Å². The summed E-state index contributed by atoms with van der Waals surface area (Å²) in [6.07, 6.45) is 3.43. The summed E-state index contributed by atoms with van der Waals surface area (Å²) in [5.41, 5.74) is 2.70. The van der Waals surface area contributed by atoms with Crippen LogP contribution in [0, 0.1) is 10.1 Å². The number of nitrogens with one attached hydrogen (secondary N) is 1. The van der Waals surface area contributed by atoms with Crippen LogP contribution in [0.2, 0.25) is 0 Å². The molecule has 4 rings (SSSR count). The molecule has 0 saturated carbocycles. The molecule has 29 heavy (non-hydrogen) atoms. The molecule has 0 aliphatic heterocycles. The fourth-order valence-corrected chi connectivity index (χ4v) is 2.98. The molecule has 0 radical (unpaired) electrons. The van der Waals surface area contributed by atoms with E-state index in [4.69, 9.17) is 9.47 Å². The smallest absolute Gasteiger partial charge is 0.271 e. The van der Waals surface area contributed by atoms with Gasteiger partial charge in [0.2, 0.25) is 5.95 Å². The van der Waals surface area contributed by atoms with Gasteiger partial charge in [-0.25, -0.2) is 9.97 Å². The van der Waals surface area contributed by atoms with E-state index in [1.807, 2.05) is 18.2 Å². The van der Waals surface area contributed by atoms with Crippen molar-refractivity contribution < 1.29 is 14.4 Å². The van der Waals surface area contributed by atoms with Crippen LogP contribution in [-0.2, 0) is 0 Å². The Morgan fingerprint density at radius 3 is 2.66 bits per heavy atom. The van der Waals surface area contributed by atoms with Gasteiger partial charge in [-0.05, 0) is 24.3 Å². The summed E-state index contributed by atoms with van der Waals surface area (Å²) < 4.78 is 12.4. The molecule has 2 aromatic carbocycles. The van der Waals surface area contributed by atoms with Crippen LogP contribution in [0.5, 0.6) is 11.5 Å². The highest BCUT2D eigenvalue weighted by atomic mass is 16.6. The predicted molar refractivity (Wildman–Crippen MR) is 108 cm³/mol. The summed E-state index contributed by atoms with van der Waals surface area (Å²) in [5.74, 6) is 1.68. The molecule has 0 saturated heterocycles. The molecule has 0 unspecified atom stereocenters. The van der Waals surface area contributed by atoms with Crippen LogP contribution >= 0.6 is 0 Å². The van der Waals surface area contributed by atoms with Gasteiger partial charge in [0.25, 0.3) is 5.69 Å². The first-order valence-corrected chi connectivity index (χ1v) is 8.67. The third-order valence-electron chi connectivity index (χ3n) is 4.38. The molecule has 0 spiro atoms. The number of non-ortho nitro benzene ring substituents is 1. The number of anilines is 2. The fourth-order valence-electron chi connectivity index (χ4n) is 2.98. The number of fused-ring (bicyclic) bond motifs is 1. The minimum Gasteiger partial charge on any atom is -0.493 e. The van der Waals surface area contributed by atoms with Crippen LogP contribution in [0.3, 0.4) is 0 Å². The van der Waals surface area contributed by atoms with Crippen molar-refractivity contribution in [3.8, 4) is 22.8 Å². The summed E-state index contributed by atoms with van der Waals surface area (Å²) >= 11 is 0. The first-order chi connectivity index (χ1) is 14.1. The van der Waals surface area contributed by atoms with Crippen molar-refractivity contribution in [2.24, 2.45) is 0 Å². The van der Waals surface area contributed by atoms with E-state index in [1.165, 1.54) is 12.1 Å². The molecule has 2 heterocycles. The van der Waals surface area contributed by atoms with Gasteiger partial charge >= 0.3 is 0 Å². The maximum atomic E-state index is 11.1. The average molecular weight is 391 g/mol. The third kappa shape index (κ3) is 3.53. The topological polar surface area (TPSA) is 104 Å². The molecule has 0 atom stereocenters. The standard InChI is InChI=1S/C20H17N5O4/c1-28-17-7-6-13(10-18(17)29-2)16-12-19-21-8-9-24(19)20(23-16)22-14-4-3-5-15(11-14)25(26)27/h3-12H,1-2H3,(H,22,23). The molecule has 0 bridgehead atoms. The quantitative estimate of drug-likeness (QED) is 0.390. The summed E-state index contributed by atoms with van der Waals surface area (Å²) in [6, 6.07) is 13.6. The van der Waals surface area contributed by atoms with Crippen LogP contribution in [0.15, 0.2) is 60.9 Å². The van der Waals surface area contributed by atoms with E-state index in [1.54, 1.807) is 49.2 Å². The Morgan fingerprint density at radius 2 is 1.90 bits per heavy atom. The number of imidazole rings is 1. The maximum absolute atomic E-state index is 11.1. The Kier molecular flexibility index (Phi) is 4.70. The van der Waals surface area contributed by atoms with E-state index >= 15 is 0 Å². The van der Waals surface area contributed by atoms with Crippen LogP contribution in [0.1, 0.15) is 0 Å². The van der Waals surface area contributed by atoms with E-state index < -0.39 is 4.92 Å². The maximum Gasteiger partial charge on any atom is 0.271 e. The Morgan fingerprint density at radius 1 is 1.07 bits per heavy atom. The summed E-state index contributed by atoms with van der Waals surface area (Å²) in [7, 11) is 3.15. The summed E-state index contributed by atoms with van der Waals surface area (Å²) in [5, 5.41) is 14.2. The highest BCUT2D eigenvalue weighted by Gasteiger charge is 2.13. The lowest BCUT2D eigenvalue weighted by molar-refractivity contribution is -0.384. The SMILES string of the molecule is COc1ccc(-c2cc3nccn3c(Nc3cccc([N+](=O)[O-])c3)n2)cc1OC. The highest BCUT2D eigenvalue weighted by Crippen LogP contribution is 2.32. The number of nitrogens with zero attached hydrogens (tertiary/aromatic N) is 4. The first-order valence-electron chi connectivity index (χ1n) is 8.67. The van der Waals surface area contributed by atoms with Gasteiger partial charge in [-0.2, -0.15) is 0 Å². The predicted octanol–water partition coefficient (Wildman–Crippen LogP) is 4.07. The second-order valence-electron chi connectivity index (χ2n) is 6.12. The number of rotatable bonds is 6. The molecule has 0 amide bonds. The average Bonchev–Trinajstić information content (AvgIpc) is 3.22. The lowest BCUT2D eigenvalue weighted by Crippen LogP contribution is -2.03. The van der Waals surface area contributed by atoms with E-state index in [2.05, 4.69) is 15.3 Å². The zero-order chi connectivity index (χ0) is 20.4. The number of ether oxygens (including phenoxy) is 2. The molecule has 0 fully saturated rings. The highest BCUT2D eigenvalue weighted by molar-refractivity contribution is 5.70. The molecular formula is C20H17N5O4. The fraction of sp³-hybridized carbons (Fsp3) is 0.100. The van der Waals surface area contributed by atoms with Gasteiger partial charge in [0, 0.05) is 41.8 Å². The molecule has 2 aromatic heterocycles. The lowest BCUT2D eigenvalue weighted by atomic mass is 10.1. The largest absolute Gasteiger partial charge is 0.493 e. The van der Waals surface area contributed by atoms with Crippen molar-refractivity contribution in [1.82, 2.24) is 14.4 Å². The first kappa shape index (κ1) is 18.2. The molecule has 9 heteroatoms. The van der Waals surface area contributed by atoms with Crippen LogP contribution in [-0.4, -0.2) is 33.5 Å². The van der Waals surface area contributed by atoms with E-state index in [0.29, 0.717) is 34.5 Å². The Hall–Kier alpha value is -4.14. The summed E-state index contributed by atoms with van der Waals surface area (Å²) in [6.45, 7) is 0. The van der Waals surface area contributed by atoms with Gasteiger partial charge in [0.1, 0.15) is 5.65 Å². The zero-order valence-electron chi connectivity index (χ0n) is 15.7. The van der Waals surface area contributed by atoms with Gasteiger partial charge in [-0.1, -0.05) is 6.07 Å². The van der Waals surface area contributed by atoms with Crippen molar-refractivity contribution >= 4 is 23.0 Å². The lowest BCUT2D eigenvalue weighted by Gasteiger charge is -2.12. The van der Waals surface area contributed by atoms with Gasteiger partial charge in [-0.3, -0.25) is 14.5 Å². The number of methoxy groups -OCH3 is 2.